The lowest BCUT2D eigenvalue weighted by atomic mass is 9.90. The Labute approximate surface area is 112 Å². The van der Waals surface area contributed by atoms with Crippen LogP contribution in [0.2, 0.25) is 0 Å². The summed E-state index contributed by atoms with van der Waals surface area (Å²) in [6, 6.07) is 0.672. The van der Waals surface area contributed by atoms with Crippen LogP contribution in [-0.4, -0.2) is 49.8 Å². The molecule has 2 unspecified atom stereocenters. The van der Waals surface area contributed by atoms with Crippen LogP contribution in [0.1, 0.15) is 46.0 Å². The Morgan fingerprint density at radius 3 is 2.67 bits per heavy atom. The molecule has 1 N–H and O–H groups in total. The number of nitrogens with zero attached hydrogens (tertiary/aromatic N) is 1. The van der Waals surface area contributed by atoms with Crippen molar-refractivity contribution in [1.29, 1.82) is 0 Å². The van der Waals surface area contributed by atoms with Gasteiger partial charge in [-0.05, 0) is 71.1 Å². The van der Waals surface area contributed by atoms with Crippen molar-refractivity contribution in [3.63, 3.8) is 0 Å². The highest BCUT2D eigenvalue weighted by Crippen LogP contribution is 2.20. The van der Waals surface area contributed by atoms with Crippen LogP contribution in [0.25, 0.3) is 0 Å². The van der Waals surface area contributed by atoms with Crippen molar-refractivity contribution >= 4 is 0 Å². The van der Waals surface area contributed by atoms with Crippen molar-refractivity contribution in [2.75, 3.05) is 32.8 Å². The Kier molecular flexibility index (Phi) is 5.93. The zero-order valence-electron chi connectivity index (χ0n) is 12.2. The lowest BCUT2D eigenvalue weighted by Crippen LogP contribution is -2.42. The molecule has 0 bridgehead atoms. The Hall–Kier alpha value is -0.120. The standard InChI is InChI=1S/C15H30N2O/c1-3-17-10-7-14(8-11-17)13(2)16-9-6-15-5-4-12-18-15/h13-16H,3-12H2,1-2H3. The first-order valence-corrected chi connectivity index (χ1v) is 7.87. The van der Waals surface area contributed by atoms with Gasteiger partial charge in [0.1, 0.15) is 0 Å². The first-order chi connectivity index (χ1) is 8.79. The maximum Gasteiger partial charge on any atom is 0.0588 e. The number of nitrogens with one attached hydrogen (secondary N) is 1. The first kappa shape index (κ1) is 14.3. The molecule has 2 heterocycles. The van der Waals surface area contributed by atoms with E-state index >= 15 is 0 Å². The van der Waals surface area contributed by atoms with Gasteiger partial charge in [0.05, 0.1) is 6.10 Å². The van der Waals surface area contributed by atoms with E-state index in [0.717, 1.165) is 19.1 Å². The van der Waals surface area contributed by atoms with Crippen molar-refractivity contribution in [2.24, 2.45) is 5.92 Å². The molecule has 3 heteroatoms. The first-order valence-electron chi connectivity index (χ1n) is 7.87. The quantitative estimate of drug-likeness (QED) is 0.787. The molecule has 2 fully saturated rings. The zero-order chi connectivity index (χ0) is 12.8. The van der Waals surface area contributed by atoms with Crippen molar-refractivity contribution in [1.82, 2.24) is 10.2 Å². The van der Waals surface area contributed by atoms with Crippen molar-refractivity contribution in [3.8, 4) is 0 Å². The number of hydrogen-bond donors (Lipinski definition) is 1. The van der Waals surface area contributed by atoms with E-state index in [1.54, 1.807) is 0 Å². The molecule has 0 amide bonds. The van der Waals surface area contributed by atoms with Crippen molar-refractivity contribution < 1.29 is 4.74 Å². The van der Waals surface area contributed by atoms with Gasteiger partial charge in [0.2, 0.25) is 0 Å². The van der Waals surface area contributed by atoms with Crippen molar-refractivity contribution in [3.05, 3.63) is 0 Å². The topological polar surface area (TPSA) is 24.5 Å². The normalized spacial score (nSPS) is 28.7. The van der Waals surface area contributed by atoms with E-state index < -0.39 is 0 Å². The maximum atomic E-state index is 5.66. The van der Waals surface area contributed by atoms with Crippen LogP contribution in [-0.2, 0) is 4.74 Å². The molecule has 2 aliphatic heterocycles. The molecule has 3 nitrogen and oxygen atoms in total. The fraction of sp³-hybridized carbons (Fsp3) is 1.00. The highest BCUT2D eigenvalue weighted by atomic mass is 16.5. The molecule has 18 heavy (non-hydrogen) atoms. The Morgan fingerprint density at radius 2 is 2.06 bits per heavy atom. The monoisotopic (exact) mass is 254 g/mol. The molecule has 0 radical (unpaired) electrons. The largest absolute Gasteiger partial charge is 0.378 e. The van der Waals surface area contributed by atoms with E-state index in [9.17, 15) is 0 Å². The van der Waals surface area contributed by atoms with Crippen LogP contribution in [0, 0.1) is 5.92 Å². The van der Waals surface area contributed by atoms with Crippen LogP contribution >= 0.6 is 0 Å². The molecule has 0 aromatic carbocycles. The molecular formula is C15H30N2O. The van der Waals surface area contributed by atoms with Crippen LogP contribution in [0.4, 0.5) is 0 Å². The lowest BCUT2D eigenvalue weighted by molar-refractivity contribution is 0.101. The van der Waals surface area contributed by atoms with Gasteiger partial charge in [-0.25, -0.2) is 0 Å². The average molecular weight is 254 g/mol. The summed E-state index contributed by atoms with van der Waals surface area (Å²) in [7, 11) is 0. The third-order valence-corrected chi connectivity index (χ3v) is 4.74. The summed E-state index contributed by atoms with van der Waals surface area (Å²) in [6.07, 6.45) is 6.98. The zero-order valence-corrected chi connectivity index (χ0v) is 12.2. The van der Waals surface area contributed by atoms with E-state index in [2.05, 4.69) is 24.1 Å². The highest BCUT2D eigenvalue weighted by molar-refractivity contribution is 4.79. The Balaban J connectivity index is 1.58. The number of ether oxygens (including phenoxy) is 1. The van der Waals surface area contributed by atoms with E-state index in [-0.39, 0.29) is 0 Å². The molecule has 0 saturated carbocycles. The van der Waals surface area contributed by atoms with Gasteiger partial charge < -0.3 is 15.0 Å². The predicted octanol–water partition coefficient (Wildman–Crippen LogP) is 2.27. The second kappa shape index (κ2) is 7.46. The molecule has 106 valence electrons. The molecule has 2 saturated heterocycles. The summed E-state index contributed by atoms with van der Waals surface area (Å²) in [5.41, 5.74) is 0. The van der Waals surface area contributed by atoms with Crippen LogP contribution in [0.3, 0.4) is 0 Å². The summed E-state index contributed by atoms with van der Waals surface area (Å²) in [5.74, 6) is 0.872. The minimum atomic E-state index is 0.534. The molecule has 0 spiro atoms. The summed E-state index contributed by atoms with van der Waals surface area (Å²) in [5, 5.41) is 3.71. The average Bonchev–Trinajstić information content (AvgIpc) is 2.92. The minimum absolute atomic E-state index is 0.534. The SMILES string of the molecule is CCN1CCC(C(C)NCCC2CCCO2)CC1. The third kappa shape index (κ3) is 4.22. The number of rotatable bonds is 6. The van der Waals surface area contributed by atoms with Gasteiger partial charge in [-0.1, -0.05) is 6.92 Å². The molecule has 0 aromatic heterocycles. The number of hydrogen-bond acceptors (Lipinski definition) is 3. The minimum Gasteiger partial charge on any atom is -0.378 e. The molecule has 0 aliphatic carbocycles. The molecule has 0 aromatic rings. The number of likely N-dealkylation sites (tertiary alicyclic amines) is 1. The van der Waals surface area contributed by atoms with E-state index in [4.69, 9.17) is 4.74 Å². The second-order valence-corrected chi connectivity index (χ2v) is 5.94. The van der Waals surface area contributed by atoms with Gasteiger partial charge in [0, 0.05) is 12.6 Å². The van der Waals surface area contributed by atoms with Crippen molar-refractivity contribution in [2.45, 2.75) is 58.1 Å². The fourth-order valence-electron chi connectivity index (χ4n) is 3.28. The summed E-state index contributed by atoms with van der Waals surface area (Å²) >= 11 is 0. The third-order valence-electron chi connectivity index (χ3n) is 4.74. The maximum absolute atomic E-state index is 5.66. The van der Waals surface area contributed by atoms with Crippen LogP contribution in [0.15, 0.2) is 0 Å². The second-order valence-electron chi connectivity index (χ2n) is 5.94. The van der Waals surface area contributed by atoms with Gasteiger partial charge in [-0.2, -0.15) is 0 Å². The van der Waals surface area contributed by atoms with Gasteiger partial charge in [0.15, 0.2) is 0 Å². The fourth-order valence-corrected chi connectivity index (χ4v) is 3.28. The Morgan fingerprint density at radius 1 is 1.28 bits per heavy atom. The Bertz CT molecular complexity index is 221. The van der Waals surface area contributed by atoms with Crippen LogP contribution in [0.5, 0.6) is 0 Å². The smallest absolute Gasteiger partial charge is 0.0588 e. The van der Waals surface area contributed by atoms with Gasteiger partial charge in [-0.3, -0.25) is 0 Å². The predicted molar refractivity (Wildman–Crippen MR) is 75.9 cm³/mol. The van der Waals surface area contributed by atoms with Gasteiger partial charge in [-0.15, -0.1) is 0 Å². The van der Waals surface area contributed by atoms with Gasteiger partial charge in [0.25, 0.3) is 0 Å². The molecule has 2 atom stereocenters. The highest BCUT2D eigenvalue weighted by Gasteiger charge is 2.23. The summed E-state index contributed by atoms with van der Waals surface area (Å²) < 4.78 is 5.66. The van der Waals surface area contributed by atoms with Gasteiger partial charge >= 0.3 is 0 Å². The molecule has 2 aliphatic rings. The summed E-state index contributed by atoms with van der Waals surface area (Å²) in [6.45, 7) is 10.5. The van der Waals surface area contributed by atoms with Crippen LogP contribution < -0.4 is 5.32 Å². The van der Waals surface area contributed by atoms with E-state index in [1.807, 2.05) is 0 Å². The van der Waals surface area contributed by atoms with E-state index in [0.29, 0.717) is 12.1 Å². The molecule has 2 rings (SSSR count). The number of piperidine rings is 1. The van der Waals surface area contributed by atoms with E-state index in [1.165, 1.54) is 51.7 Å². The molecular weight excluding hydrogens is 224 g/mol. The lowest BCUT2D eigenvalue weighted by Gasteiger charge is -2.34. The summed E-state index contributed by atoms with van der Waals surface area (Å²) in [4.78, 5) is 2.57.